The molecular weight excluding hydrogens is 243 g/mol. The number of nitrogen functional groups attached to an aromatic ring is 1. The van der Waals surface area contributed by atoms with E-state index >= 15 is 0 Å². The van der Waals surface area contributed by atoms with Crippen LogP contribution in [0, 0.1) is 5.82 Å². The molecule has 2 rings (SSSR count). The fourth-order valence-electron chi connectivity index (χ4n) is 2.28. The van der Waals surface area contributed by atoms with Crippen molar-refractivity contribution in [2.24, 2.45) is 0 Å². The SMILES string of the molecule is Nc1ccc(C(=O)NCCC2=CCCCC2)c(F)c1. The van der Waals surface area contributed by atoms with Gasteiger partial charge in [-0.15, -0.1) is 0 Å². The zero-order chi connectivity index (χ0) is 13.7. The molecule has 1 aliphatic rings. The molecule has 0 saturated carbocycles. The number of halogens is 1. The molecule has 0 radical (unpaired) electrons. The molecule has 3 nitrogen and oxygen atoms in total. The number of nitrogens with one attached hydrogen (secondary N) is 1. The highest BCUT2D eigenvalue weighted by Gasteiger charge is 2.11. The van der Waals surface area contributed by atoms with Gasteiger partial charge in [0.2, 0.25) is 0 Å². The standard InChI is InChI=1S/C15H19FN2O/c16-14-10-12(17)6-7-13(14)15(19)18-9-8-11-4-2-1-3-5-11/h4,6-7,10H,1-3,5,8-9,17H2,(H,18,19). The van der Waals surface area contributed by atoms with Gasteiger partial charge in [-0.3, -0.25) is 4.79 Å². The Morgan fingerprint density at radius 1 is 1.37 bits per heavy atom. The van der Waals surface area contributed by atoms with Crippen molar-refractivity contribution in [3.8, 4) is 0 Å². The molecule has 102 valence electrons. The maximum atomic E-state index is 13.5. The molecule has 1 amide bonds. The number of amides is 1. The second-order valence-corrected chi connectivity index (χ2v) is 4.85. The van der Waals surface area contributed by atoms with E-state index < -0.39 is 5.82 Å². The summed E-state index contributed by atoms with van der Waals surface area (Å²) in [4.78, 5) is 11.8. The number of hydrogen-bond acceptors (Lipinski definition) is 2. The lowest BCUT2D eigenvalue weighted by Crippen LogP contribution is -2.25. The summed E-state index contributed by atoms with van der Waals surface area (Å²) in [5, 5.41) is 2.75. The minimum absolute atomic E-state index is 0.0480. The average molecular weight is 262 g/mol. The van der Waals surface area contributed by atoms with Crippen molar-refractivity contribution >= 4 is 11.6 Å². The Morgan fingerprint density at radius 2 is 2.21 bits per heavy atom. The van der Waals surface area contributed by atoms with Crippen LogP contribution in [0.15, 0.2) is 29.8 Å². The predicted molar refractivity (Wildman–Crippen MR) is 74.3 cm³/mol. The monoisotopic (exact) mass is 262 g/mol. The van der Waals surface area contributed by atoms with Crippen LogP contribution in [0.2, 0.25) is 0 Å². The van der Waals surface area contributed by atoms with Gasteiger partial charge in [-0.1, -0.05) is 11.6 Å². The van der Waals surface area contributed by atoms with E-state index in [0.29, 0.717) is 12.2 Å². The van der Waals surface area contributed by atoms with Crippen LogP contribution in [-0.4, -0.2) is 12.5 Å². The molecule has 0 unspecified atom stereocenters. The lowest BCUT2D eigenvalue weighted by atomic mass is 9.97. The van der Waals surface area contributed by atoms with Crippen LogP contribution in [0.25, 0.3) is 0 Å². The summed E-state index contributed by atoms with van der Waals surface area (Å²) < 4.78 is 13.5. The maximum Gasteiger partial charge on any atom is 0.254 e. The van der Waals surface area contributed by atoms with E-state index in [0.717, 1.165) is 19.3 Å². The highest BCUT2D eigenvalue weighted by Crippen LogP contribution is 2.19. The average Bonchev–Trinajstić information content (AvgIpc) is 2.39. The molecule has 3 N–H and O–H groups in total. The first-order valence-electron chi connectivity index (χ1n) is 6.68. The molecule has 0 aromatic heterocycles. The Morgan fingerprint density at radius 3 is 2.89 bits per heavy atom. The van der Waals surface area contributed by atoms with E-state index in [1.165, 1.54) is 36.6 Å². The Hall–Kier alpha value is -1.84. The van der Waals surface area contributed by atoms with Crippen molar-refractivity contribution in [3.05, 3.63) is 41.2 Å². The molecule has 0 bridgehead atoms. The van der Waals surface area contributed by atoms with Gasteiger partial charge in [-0.2, -0.15) is 0 Å². The number of allylic oxidation sites excluding steroid dienone is 1. The first-order valence-corrected chi connectivity index (χ1v) is 6.68. The minimum Gasteiger partial charge on any atom is -0.399 e. The summed E-state index contributed by atoms with van der Waals surface area (Å²) in [6.07, 6.45) is 7.84. The first-order chi connectivity index (χ1) is 9.16. The summed E-state index contributed by atoms with van der Waals surface area (Å²) in [5.41, 5.74) is 7.21. The summed E-state index contributed by atoms with van der Waals surface area (Å²) in [5.74, 6) is -0.955. The number of carbonyl (C=O) groups is 1. The summed E-state index contributed by atoms with van der Waals surface area (Å²) in [6.45, 7) is 0.550. The molecule has 0 heterocycles. The Balaban J connectivity index is 1.85. The number of benzene rings is 1. The van der Waals surface area contributed by atoms with E-state index in [1.54, 1.807) is 0 Å². The van der Waals surface area contributed by atoms with Crippen molar-refractivity contribution in [3.63, 3.8) is 0 Å². The van der Waals surface area contributed by atoms with Gasteiger partial charge >= 0.3 is 0 Å². The fourth-order valence-corrected chi connectivity index (χ4v) is 2.28. The molecule has 0 saturated heterocycles. The van der Waals surface area contributed by atoms with Crippen LogP contribution in [-0.2, 0) is 0 Å². The molecule has 1 aromatic rings. The predicted octanol–water partition coefficient (Wildman–Crippen LogP) is 3.03. The highest BCUT2D eigenvalue weighted by molar-refractivity contribution is 5.94. The van der Waals surface area contributed by atoms with Crippen molar-refractivity contribution in [2.75, 3.05) is 12.3 Å². The largest absolute Gasteiger partial charge is 0.399 e. The van der Waals surface area contributed by atoms with Crippen LogP contribution in [0.4, 0.5) is 10.1 Å². The van der Waals surface area contributed by atoms with Gasteiger partial charge in [0.25, 0.3) is 5.91 Å². The van der Waals surface area contributed by atoms with Crippen LogP contribution >= 0.6 is 0 Å². The maximum absolute atomic E-state index is 13.5. The van der Waals surface area contributed by atoms with Crippen LogP contribution in [0.1, 0.15) is 42.5 Å². The Labute approximate surface area is 112 Å². The van der Waals surface area contributed by atoms with Crippen LogP contribution < -0.4 is 11.1 Å². The molecule has 0 aliphatic heterocycles. The zero-order valence-electron chi connectivity index (χ0n) is 10.9. The van der Waals surface area contributed by atoms with Crippen LogP contribution in [0.3, 0.4) is 0 Å². The van der Waals surface area contributed by atoms with Gasteiger partial charge in [0.05, 0.1) is 5.56 Å². The third-order valence-electron chi connectivity index (χ3n) is 3.35. The fraction of sp³-hybridized carbons (Fsp3) is 0.400. The Kier molecular flexibility index (Phi) is 4.55. The normalized spacial score (nSPS) is 14.9. The van der Waals surface area contributed by atoms with Crippen molar-refractivity contribution in [1.82, 2.24) is 5.32 Å². The number of anilines is 1. The second kappa shape index (κ2) is 6.36. The Bertz CT molecular complexity index is 497. The van der Waals surface area contributed by atoms with Crippen molar-refractivity contribution in [2.45, 2.75) is 32.1 Å². The number of rotatable bonds is 4. The van der Waals surface area contributed by atoms with Gasteiger partial charge in [-0.25, -0.2) is 4.39 Å². The summed E-state index contributed by atoms with van der Waals surface area (Å²) in [7, 11) is 0. The van der Waals surface area contributed by atoms with E-state index in [9.17, 15) is 9.18 Å². The first kappa shape index (κ1) is 13.6. The molecule has 0 fully saturated rings. The molecule has 4 heteroatoms. The van der Waals surface area contributed by atoms with Gasteiger partial charge in [-0.05, 0) is 50.3 Å². The number of carbonyl (C=O) groups excluding carboxylic acids is 1. The van der Waals surface area contributed by atoms with Gasteiger partial charge in [0, 0.05) is 12.2 Å². The third kappa shape index (κ3) is 3.81. The van der Waals surface area contributed by atoms with E-state index in [1.807, 2.05) is 0 Å². The van der Waals surface area contributed by atoms with Gasteiger partial charge in [0.15, 0.2) is 0 Å². The third-order valence-corrected chi connectivity index (χ3v) is 3.35. The van der Waals surface area contributed by atoms with Crippen molar-refractivity contribution < 1.29 is 9.18 Å². The second-order valence-electron chi connectivity index (χ2n) is 4.85. The zero-order valence-corrected chi connectivity index (χ0v) is 10.9. The van der Waals surface area contributed by atoms with Crippen molar-refractivity contribution in [1.29, 1.82) is 0 Å². The molecule has 1 aliphatic carbocycles. The topological polar surface area (TPSA) is 55.1 Å². The highest BCUT2D eigenvalue weighted by atomic mass is 19.1. The number of hydrogen-bond donors (Lipinski definition) is 2. The van der Waals surface area contributed by atoms with E-state index in [-0.39, 0.29) is 11.5 Å². The molecule has 0 spiro atoms. The smallest absolute Gasteiger partial charge is 0.254 e. The minimum atomic E-state index is -0.575. The molecule has 0 atom stereocenters. The van der Waals surface area contributed by atoms with Gasteiger partial charge < -0.3 is 11.1 Å². The molecule has 19 heavy (non-hydrogen) atoms. The van der Waals surface area contributed by atoms with Gasteiger partial charge in [0.1, 0.15) is 5.82 Å². The molecular formula is C15H19FN2O. The summed E-state index contributed by atoms with van der Waals surface area (Å²) in [6, 6.07) is 4.11. The number of nitrogens with two attached hydrogens (primary N) is 1. The molecule has 1 aromatic carbocycles. The van der Waals surface area contributed by atoms with E-state index in [4.69, 9.17) is 5.73 Å². The van der Waals surface area contributed by atoms with E-state index in [2.05, 4.69) is 11.4 Å². The summed E-state index contributed by atoms with van der Waals surface area (Å²) >= 11 is 0. The lowest BCUT2D eigenvalue weighted by molar-refractivity contribution is 0.0950. The quantitative estimate of drug-likeness (QED) is 0.647. The lowest BCUT2D eigenvalue weighted by Gasteiger charge is -2.13. The van der Waals surface area contributed by atoms with Crippen LogP contribution in [0.5, 0.6) is 0 Å².